The average Bonchev–Trinajstić information content (AvgIpc) is 3.12. The average molecular weight is 459 g/mol. The fourth-order valence-corrected chi connectivity index (χ4v) is 5.08. The molecule has 4 aromatic rings. The molecule has 0 saturated carbocycles. The Labute approximate surface area is 186 Å². The molecular weight excluding hydrogens is 440 g/mol. The maximum Gasteiger partial charge on any atom is 0.272 e. The molecule has 9 heteroatoms. The van der Waals surface area contributed by atoms with Crippen molar-refractivity contribution in [3.05, 3.63) is 58.0 Å². The third-order valence-corrected chi connectivity index (χ3v) is 6.93. The molecule has 0 atom stereocenters. The summed E-state index contributed by atoms with van der Waals surface area (Å²) < 4.78 is 2.28. The zero-order valence-electron chi connectivity index (χ0n) is 16.2. The van der Waals surface area contributed by atoms with Crippen LogP contribution in [0.1, 0.15) is 19.8 Å². The first kappa shape index (κ1) is 20.8. The van der Waals surface area contributed by atoms with Gasteiger partial charge >= 0.3 is 0 Å². The summed E-state index contributed by atoms with van der Waals surface area (Å²) in [7, 11) is 0. The second-order valence-electron chi connectivity index (χ2n) is 6.66. The maximum atomic E-state index is 13.2. The lowest BCUT2D eigenvalue weighted by atomic mass is 10.3. The molecule has 0 radical (unpaired) electrons. The van der Waals surface area contributed by atoms with Gasteiger partial charge in [0.15, 0.2) is 5.16 Å². The van der Waals surface area contributed by atoms with E-state index in [-0.39, 0.29) is 17.2 Å². The first-order valence-electron chi connectivity index (χ1n) is 9.53. The Kier molecular flexibility index (Phi) is 6.36. The number of anilines is 1. The molecule has 30 heavy (non-hydrogen) atoms. The molecule has 0 aliphatic carbocycles. The summed E-state index contributed by atoms with van der Waals surface area (Å²) in [6.45, 7) is 2.64. The number of para-hydroxylation sites is 1. The Morgan fingerprint density at radius 1 is 1.27 bits per heavy atom. The van der Waals surface area contributed by atoms with E-state index in [1.54, 1.807) is 29.0 Å². The van der Waals surface area contributed by atoms with Crippen molar-refractivity contribution in [3.8, 4) is 0 Å². The maximum absolute atomic E-state index is 13.2. The smallest absolute Gasteiger partial charge is 0.272 e. The molecule has 0 bridgehead atoms. The number of halogens is 1. The number of aromatic nitrogens is 3. The SMILES string of the molecule is CCCCn1c(SCC(=O)Nc2ccccc2Cl)nc2c(sc3ncccc32)c1=O. The molecule has 0 saturated heterocycles. The monoisotopic (exact) mass is 458 g/mol. The molecule has 3 aromatic heterocycles. The van der Waals surface area contributed by atoms with Crippen LogP contribution < -0.4 is 10.9 Å². The first-order valence-corrected chi connectivity index (χ1v) is 11.7. The van der Waals surface area contributed by atoms with Crippen LogP contribution in [0, 0.1) is 0 Å². The minimum atomic E-state index is -0.207. The van der Waals surface area contributed by atoms with Crippen LogP contribution in [0.5, 0.6) is 0 Å². The van der Waals surface area contributed by atoms with Crippen molar-refractivity contribution < 1.29 is 4.79 Å². The number of thioether (sulfide) groups is 1. The lowest BCUT2D eigenvalue weighted by molar-refractivity contribution is -0.113. The number of unbranched alkanes of at least 4 members (excludes halogenated alkanes) is 1. The van der Waals surface area contributed by atoms with E-state index in [4.69, 9.17) is 16.6 Å². The van der Waals surface area contributed by atoms with Crippen molar-refractivity contribution >= 4 is 66.7 Å². The predicted molar refractivity (Wildman–Crippen MR) is 125 cm³/mol. The summed E-state index contributed by atoms with van der Waals surface area (Å²) >= 11 is 8.73. The van der Waals surface area contributed by atoms with Crippen LogP contribution in [0.4, 0.5) is 5.69 Å². The third kappa shape index (κ3) is 4.21. The van der Waals surface area contributed by atoms with Crippen molar-refractivity contribution in [3.63, 3.8) is 0 Å². The van der Waals surface area contributed by atoms with Gasteiger partial charge in [0.25, 0.3) is 5.56 Å². The van der Waals surface area contributed by atoms with Crippen molar-refractivity contribution in [2.24, 2.45) is 0 Å². The highest BCUT2D eigenvalue weighted by molar-refractivity contribution is 7.99. The Hall–Kier alpha value is -2.42. The van der Waals surface area contributed by atoms with Gasteiger partial charge in [-0.05, 0) is 30.7 Å². The molecule has 0 aliphatic heterocycles. The van der Waals surface area contributed by atoms with Crippen LogP contribution in [-0.4, -0.2) is 26.2 Å². The molecule has 1 aromatic carbocycles. The van der Waals surface area contributed by atoms with Crippen molar-refractivity contribution in [2.75, 3.05) is 11.1 Å². The third-order valence-electron chi connectivity index (χ3n) is 4.53. The van der Waals surface area contributed by atoms with Gasteiger partial charge in [-0.15, -0.1) is 11.3 Å². The number of thiophene rings is 1. The molecule has 4 rings (SSSR count). The largest absolute Gasteiger partial charge is 0.324 e. The second kappa shape index (κ2) is 9.16. The van der Waals surface area contributed by atoms with Gasteiger partial charge in [0.05, 0.1) is 22.0 Å². The number of hydrogen-bond donors (Lipinski definition) is 1. The van der Waals surface area contributed by atoms with Gasteiger partial charge in [-0.3, -0.25) is 14.2 Å². The van der Waals surface area contributed by atoms with Gasteiger partial charge in [0.1, 0.15) is 9.53 Å². The number of benzene rings is 1. The zero-order valence-corrected chi connectivity index (χ0v) is 18.6. The molecule has 1 N–H and O–H groups in total. The fourth-order valence-electron chi connectivity index (χ4n) is 3.04. The molecule has 0 unspecified atom stereocenters. The summed E-state index contributed by atoms with van der Waals surface area (Å²) in [4.78, 5) is 35.6. The van der Waals surface area contributed by atoms with Crippen molar-refractivity contribution in [2.45, 2.75) is 31.5 Å². The van der Waals surface area contributed by atoms with E-state index >= 15 is 0 Å². The van der Waals surface area contributed by atoms with E-state index < -0.39 is 0 Å². The van der Waals surface area contributed by atoms with E-state index in [0.29, 0.717) is 32.6 Å². The van der Waals surface area contributed by atoms with Gasteiger partial charge in [-0.2, -0.15) is 0 Å². The standard InChI is InChI=1S/C21H19ClN4O2S2/c1-2-3-11-26-20(28)18-17(13-7-6-10-23-19(13)30-18)25-21(26)29-12-16(27)24-15-9-5-4-8-14(15)22/h4-10H,2-3,11-12H2,1H3,(H,24,27). The molecule has 0 aliphatic rings. The highest BCUT2D eigenvalue weighted by atomic mass is 35.5. The van der Waals surface area contributed by atoms with E-state index in [2.05, 4.69) is 17.2 Å². The van der Waals surface area contributed by atoms with Gasteiger partial charge in [-0.1, -0.05) is 48.8 Å². The Morgan fingerprint density at radius 2 is 2.10 bits per heavy atom. The summed E-state index contributed by atoms with van der Waals surface area (Å²) in [5.41, 5.74) is 1.13. The minimum Gasteiger partial charge on any atom is -0.324 e. The fraction of sp³-hybridized carbons (Fsp3) is 0.238. The number of amides is 1. The van der Waals surface area contributed by atoms with Crippen LogP contribution in [0.2, 0.25) is 5.02 Å². The number of nitrogens with one attached hydrogen (secondary N) is 1. The Morgan fingerprint density at radius 3 is 2.90 bits per heavy atom. The number of carbonyl (C=O) groups excluding carboxylic acids is 1. The van der Waals surface area contributed by atoms with Crippen molar-refractivity contribution in [1.82, 2.24) is 14.5 Å². The van der Waals surface area contributed by atoms with Crippen molar-refractivity contribution in [1.29, 1.82) is 0 Å². The zero-order chi connectivity index (χ0) is 21.1. The van der Waals surface area contributed by atoms with Gasteiger partial charge in [0, 0.05) is 18.1 Å². The number of pyridine rings is 1. The van der Waals surface area contributed by atoms with E-state index in [1.807, 2.05) is 18.2 Å². The number of nitrogens with zero attached hydrogens (tertiary/aromatic N) is 3. The first-order chi connectivity index (χ1) is 14.6. The lowest BCUT2D eigenvalue weighted by Gasteiger charge is -2.12. The van der Waals surface area contributed by atoms with Gasteiger partial charge in [0.2, 0.25) is 5.91 Å². The van der Waals surface area contributed by atoms with Crippen LogP contribution in [0.3, 0.4) is 0 Å². The topological polar surface area (TPSA) is 76.9 Å². The van der Waals surface area contributed by atoms with Crippen LogP contribution in [0.25, 0.3) is 20.4 Å². The molecule has 0 fully saturated rings. The Bertz CT molecular complexity index is 1290. The van der Waals surface area contributed by atoms with Gasteiger partial charge < -0.3 is 5.32 Å². The summed E-state index contributed by atoms with van der Waals surface area (Å²) in [6.07, 6.45) is 3.52. The van der Waals surface area contributed by atoms with E-state index in [1.165, 1.54) is 23.1 Å². The van der Waals surface area contributed by atoms with Crippen LogP contribution in [0.15, 0.2) is 52.5 Å². The number of rotatable bonds is 7. The molecule has 0 spiro atoms. The molecular formula is C21H19ClN4O2S2. The number of fused-ring (bicyclic) bond motifs is 3. The second-order valence-corrected chi connectivity index (χ2v) is 9.01. The lowest BCUT2D eigenvalue weighted by Crippen LogP contribution is -2.23. The number of carbonyl (C=O) groups is 1. The molecule has 154 valence electrons. The number of hydrogen-bond acceptors (Lipinski definition) is 6. The summed E-state index contributed by atoms with van der Waals surface area (Å²) in [5.74, 6) is -0.0865. The van der Waals surface area contributed by atoms with Crippen LogP contribution in [-0.2, 0) is 11.3 Å². The Balaban J connectivity index is 1.66. The molecule has 6 nitrogen and oxygen atoms in total. The normalized spacial score (nSPS) is 11.3. The van der Waals surface area contributed by atoms with E-state index in [0.717, 1.165) is 23.1 Å². The predicted octanol–water partition coefficient (Wildman–Crippen LogP) is 5.19. The highest BCUT2D eigenvalue weighted by Crippen LogP contribution is 2.30. The van der Waals surface area contributed by atoms with Crippen LogP contribution >= 0.6 is 34.7 Å². The molecule has 3 heterocycles. The molecule has 1 amide bonds. The quantitative estimate of drug-likeness (QED) is 0.304. The summed E-state index contributed by atoms with van der Waals surface area (Å²) in [6, 6.07) is 10.8. The van der Waals surface area contributed by atoms with Gasteiger partial charge in [-0.25, -0.2) is 9.97 Å². The summed E-state index contributed by atoms with van der Waals surface area (Å²) in [5, 5.41) is 4.69. The minimum absolute atomic E-state index is 0.0783. The highest BCUT2D eigenvalue weighted by Gasteiger charge is 2.17. The van der Waals surface area contributed by atoms with E-state index in [9.17, 15) is 9.59 Å².